The number of hydrogen-bond acceptors (Lipinski definition) is 1. The lowest BCUT2D eigenvalue weighted by atomic mass is 9.76. The van der Waals surface area contributed by atoms with Gasteiger partial charge in [0.25, 0.3) is 0 Å². The highest BCUT2D eigenvalue weighted by molar-refractivity contribution is 4.93. The predicted molar refractivity (Wildman–Crippen MR) is 75.1 cm³/mol. The normalized spacial score (nSPS) is 34.2. The Balaban J connectivity index is 1.88. The second kappa shape index (κ2) is 5.30. The Kier molecular flexibility index (Phi) is 4.18. The van der Waals surface area contributed by atoms with Crippen LogP contribution >= 0.6 is 0 Å². The van der Waals surface area contributed by atoms with Crippen molar-refractivity contribution in [1.29, 1.82) is 0 Å². The molecule has 2 fully saturated rings. The van der Waals surface area contributed by atoms with Crippen LogP contribution in [-0.2, 0) is 0 Å². The molecule has 0 aromatic carbocycles. The largest absolute Gasteiger partial charge is 0.313 e. The van der Waals surface area contributed by atoms with Crippen LogP contribution in [0.2, 0.25) is 0 Å². The standard InChI is InChI=1S/C16H31N/c1-5-8-17-15(16(2,3)4)11-14-10-12-6-7-13(14)9-12/h12-15,17H,5-11H2,1-4H3. The van der Waals surface area contributed by atoms with Crippen molar-refractivity contribution >= 4 is 0 Å². The maximum absolute atomic E-state index is 3.80. The van der Waals surface area contributed by atoms with E-state index in [1.807, 2.05) is 0 Å². The van der Waals surface area contributed by atoms with Gasteiger partial charge >= 0.3 is 0 Å². The van der Waals surface area contributed by atoms with Gasteiger partial charge in [-0.05, 0) is 61.8 Å². The topological polar surface area (TPSA) is 12.0 Å². The van der Waals surface area contributed by atoms with Gasteiger partial charge in [-0.25, -0.2) is 0 Å². The van der Waals surface area contributed by atoms with Gasteiger partial charge in [-0.3, -0.25) is 0 Å². The molecule has 0 saturated heterocycles. The van der Waals surface area contributed by atoms with E-state index in [4.69, 9.17) is 0 Å². The summed E-state index contributed by atoms with van der Waals surface area (Å²) in [7, 11) is 0. The first-order valence-corrected chi connectivity index (χ1v) is 7.74. The molecule has 0 aromatic heterocycles. The quantitative estimate of drug-likeness (QED) is 0.754. The molecule has 4 atom stereocenters. The van der Waals surface area contributed by atoms with Gasteiger partial charge in [0.05, 0.1) is 0 Å². The van der Waals surface area contributed by atoms with Crippen LogP contribution in [-0.4, -0.2) is 12.6 Å². The van der Waals surface area contributed by atoms with Crippen LogP contribution in [0.5, 0.6) is 0 Å². The van der Waals surface area contributed by atoms with Crippen LogP contribution in [0.1, 0.15) is 66.2 Å². The molecule has 0 spiro atoms. The highest BCUT2D eigenvalue weighted by atomic mass is 14.9. The Bertz CT molecular complexity index is 240. The molecule has 1 nitrogen and oxygen atoms in total. The van der Waals surface area contributed by atoms with Crippen LogP contribution in [0, 0.1) is 23.2 Å². The van der Waals surface area contributed by atoms with Crippen molar-refractivity contribution < 1.29 is 0 Å². The Morgan fingerprint density at radius 3 is 2.41 bits per heavy atom. The van der Waals surface area contributed by atoms with E-state index in [0.29, 0.717) is 11.5 Å². The van der Waals surface area contributed by atoms with Crippen LogP contribution in [0.15, 0.2) is 0 Å². The maximum atomic E-state index is 3.80. The fourth-order valence-electron chi connectivity index (χ4n) is 4.03. The molecule has 2 aliphatic rings. The zero-order chi connectivity index (χ0) is 12.5. The molecule has 2 rings (SSSR count). The molecule has 2 bridgehead atoms. The van der Waals surface area contributed by atoms with E-state index in [0.717, 1.165) is 17.8 Å². The third-order valence-electron chi connectivity index (χ3n) is 5.11. The van der Waals surface area contributed by atoms with Crippen molar-refractivity contribution in [2.24, 2.45) is 23.2 Å². The van der Waals surface area contributed by atoms with E-state index in [-0.39, 0.29) is 0 Å². The molecule has 1 heteroatoms. The van der Waals surface area contributed by atoms with Crippen molar-refractivity contribution in [3.05, 3.63) is 0 Å². The van der Waals surface area contributed by atoms with Crippen molar-refractivity contribution in [3.8, 4) is 0 Å². The van der Waals surface area contributed by atoms with E-state index in [9.17, 15) is 0 Å². The summed E-state index contributed by atoms with van der Waals surface area (Å²) in [5.41, 5.74) is 0.414. The fraction of sp³-hybridized carbons (Fsp3) is 1.00. The lowest BCUT2D eigenvalue weighted by Crippen LogP contribution is -2.42. The predicted octanol–water partition coefficient (Wildman–Crippen LogP) is 4.23. The smallest absolute Gasteiger partial charge is 0.0118 e. The average molecular weight is 237 g/mol. The molecule has 4 unspecified atom stereocenters. The Morgan fingerprint density at radius 1 is 1.18 bits per heavy atom. The first-order valence-electron chi connectivity index (χ1n) is 7.74. The van der Waals surface area contributed by atoms with Crippen molar-refractivity contribution in [3.63, 3.8) is 0 Å². The van der Waals surface area contributed by atoms with E-state index < -0.39 is 0 Å². The Morgan fingerprint density at radius 2 is 1.94 bits per heavy atom. The van der Waals surface area contributed by atoms with E-state index >= 15 is 0 Å². The lowest BCUT2D eigenvalue weighted by molar-refractivity contribution is 0.193. The zero-order valence-corrected chi connectivity index (χ0v) is 12.3. The molecule has 1 N–H and O–H groups in total. The summed E-state index contributed by atoms with van der Waals surface area (Å²) in [6, 6.07) is 0.715. The van der Waals surface area contributed by atoms with Crippen LogP contribution < -0.4 is 5.32 Å². The molecule has 0 amide bonds. The molecule has 0 aliphatic heterocycles. The third-order valence-corrected chi connectivity index (χ3v) is 5.11. The number of hydrogen-bond donors (Lipinski definition) is 1. The van der Waals surface area contributed by atoms with Gasteiger partial charge < -0.3 is 5.32 Å². The van der Waals surface area contributed by atoms with Gasteiger partial charge in [0.1, 0.15) is 0 Å². The summed E-state index contributed by atoms with van der Waals surface area (Å²) in [5, 5.41) is 3.80. The van der Waals surface area contributed by atoms with E-state index in [1.54, 1.807) is 6.42 Å². The number of rotatable bonds is 5. The van der Waals surface area contributed by atoms with Gasteiger partial charge in [-0.2, -0.15) is 0 Å². The second-order valence-corrected chi connectivity index (χ2v) is 7.54. The first-order chi connectivity index (χ1) is 8.00. The molecule has 17 heavy (non-hydrogen) atoms. The zero-order valence-electron chi connectivity index (χ0n) is 12.3. The second-order valence-electron chi connectivity index (χ2n) is 7.54. The number of fused-ring (bicyclic) bond motifs is 2. The van der Waals surface area contributed by atoms with Crippen molar-refractivity contribution in [1.82, 2.24) is 5.32 Å². The molecular weight excluding hydrogens is 206 g/mol. The maximum Gasteiger partial charge on any atom is 0.0118 e. The van der Waals surface area contributed by atoms with Gasteiger partial charge in [0.15, 0.2) is 0 Å². The fourth-order valence-corrected chi connectivity index (χ4v) is 4.03. The van der Waals surface area contributed by atoms with Crippen molar-refractivity contribution in [2.75, 3.05) is 6.54 Å². The number of nitrogens with one attached hydrogen (secondary N) is 1. The summed E-state index contributed by atoms with van der Waals surface area (Å²) in [5.74, 6) is 3.20. The minimum Gasteiger partial charge on any atom is -0.313 e. The minimum absolute atomic E-state index is 0.414. The van der Waals surface area contributed by atoms with E-state index in [1.165, 1.54) is 38.6 Å². The van der Waals surface area contributed by atoms with Gasteiger partial charge in [0.2, 0.25) is 0 Å². The van der Waals surface area contributed by atoms with Gasteiger partial charge in [-0.1, -0.05) is 34.1 Å². The summed E-state index contributed by atoms with van der Waals surface area (Å²) in [6.07, 6.45) is 8.82. The summed E-state index contributed by atoms with van der Waals surface area (Å²) >= 11 is 0. The average Bonchev–Trinajstić information content (AvgIpc) is 2.83. The van der Waals surface area contributed by atoms with Crippen LogP contribution in [0.4, 0.5) is 0 Å². The van der Waals surface area contributed by atoms with Crippen molar-refractivity contribution in [2.45, 2.75) is 72.3 Å². The monoisotopic (exact) mass is 237 g/mol. The van der Waals surface area contributed by atoms with Gasteiger partial charge in [0, 0.05) is 6.04 Å². The molecule has 2 aliphatic carbocycles. The third kappa shape index (κ3) is 3.24. The highest BCUT2D eigenvalue weighted by Gasteiger charge is 2.41. The summed E-state index contributed by atoms with van der Waals surface area (Å²) in [6.45, 7) is 10.6. The first kappa shape index (κ1) is 13.4. The minimum atomic E-state index is 0.414. The molecule has 100 valence electrons. The molecular formula is C16H31N. The molecule has 0 radical (unpaired) electrons. The van der Waals surface area contributed by atoms with Gasteiger partial charge in [-0.15, -0.1) is 0 Å². The Labute approximate surface area is 108 Å². The Hall–Kier alpha value is -0.0400. The molecule has 0 heterocycles. The van der Waals surface area contributed by atoms with E-state index in [2.05, 4.69) is 33.0 Å². The summed E-state index contributed by atoms with van der Waals surface area (Å²) in [4.78, 5) is 0. The van der Waals surface area contributed by atoms with Crippen LogP contribution in [0.25, 0.3) is 0 Å². The highest BCUT2D eigenvalue weighted by Crippen LogP contribution is 2.50. The lowest BCUT2D eigenvalue weighted by Gasteiger charge is -2.36. The SMILES string of the molecule is CCCNC(CC1CC2CCC1C2)C(C)(C)C. The summed E-state index contributed by atoms with van der Waals surface area (Å²) < 4.78 is 0. The van der Waals surface area contributed by atoms with Crippen LogP contribution in [0.3, 0.4) is 0 Å². The molecule has 2 saturated carbocycles. The molecule has 0 aromatic rings.